The minimum atomic E-state index is -0.868. The van der Waals surface area contributed by atoms with E-state index < -0.39 is 5.60 Å². The van der Waals surface area contributed by atoms with Crippen LogP contribution in [0.3, 0.4) is 0 Å². The van der Waals surface area contributed by atoms with Crippen LogP contribution < -0.4 is 0 Å². The number of nitrogens with zero attached hydrogens (tertiary/aromatic N) is 1. The van der Waals surface area contributed by atoms with E-state index in [0.29, 0.717) is 30.9 Å². The predicted octanol–water partition coefficient (Wildman–Crippen LogP) is 4.91. The molecule has 0 aromatic rings. The lowest BCUT2D eigenvalue weighted by atomic mass is 9.47. The number of aliphatic hydroxyl groups is 2. The van der Waals surface area contributed by atoms with Crippen molar-refractivity contribution in [1.29, 1.82) is 0 Å². The first kappa shape index (κ1) is 23.1. The lowest BCUT2D eigenvalue weighted by Gasteiger charge is -2.59. The van der Waals surface area contributed by atoms with Gasteiger partial charge in [0.1, 0.15) is 0 Å². The minimum absolute atomic E-state index is 0.00480. The third-order valence-corrected chi connectivity index (χ3v) is 9.96. The van der Waals surface area contributed by atoms with Gasteiger partial charge in [-0.25, -0.2) is 4.79 Å². The molecule has 5 heteroatoms. The van der Waals surface area contributed by atoms with Gasteiger partial charge in [-0.05, 0) is 95.3 Å². The molecule has 5 nitrogen and oxygen atoms in total. The van der Waals surface area contributed by atoms with Crippen LogP contribution in [0.25, 0.3) is 0 Å². The summed E-state index contributed by atoms with van der Waals surface area (Å²) in [6.07, 6.45) is 9.78. The molecule has 0 aliphatic heterocycles. The molecule has 0 aromatic heterocycles. The Morgan fingerprint density at radius 2 is 1.90 bits per heavy atom. The zero-order valence-electron chi connectivity index (χ0n) is 20.2. The van der Waals surface area contributed by atoms with Crippen molar-refractivity contribution in [3.8, 4) is 0 Å². The molecule has 2 N–H and O–H groups in total. The molecule has 7 atom stereocenters. The third kappa shape index (κ3) is 3.55. The van der Waals surface area contributed by atoms with Crippen molar-refractivity contribution in [2.45, 2.75) is 104 Å². The zero-order valence-corrected chi connectivity index (χ0v) is 20.2. The maximum atomic E-state index is 12.6. The van der Waals surface area contributed by atoms with Crippen LogP contribution in [0.1, 0.15) is 86.0 Å². The fourth-order valence-corrected chi connectivity index (χ4v) is 7.96. The Labute approximate surface area is 188 Å². The largest absolute Gasteiger partial charge is 0.450 e. The van der Waals surface area contributed by atoms with Crippen LogP contribution in [0.15, 0.2) is 11.6 Å². The van der Waals surface area contributed by atoms with Gasteiger partial charge in [0.15, 0.2) is 0 Å². The van der Waals surface area contributed by atoms with Crippen LogP contribution >= 0.6 is 0 Å². The highest BCUT2D eigenvalue weighted by atomic mass is 16.6. The molecular formula is C26H43NO4. The predicted molar refractivity (Wildman–Crippen MR) is 122 cm³/mol. The van der Waals surface area contributed by atoms with Crippen molar-refractivity contribution < 1.29 is 19.7 Å². The van der Waals surface area contributed by atoms with Crippen molar-refractivity contribution in [3.63, 3.8) is 0 Å². The molecule has 4 aliphatic carbocycles. The molecule has 4 rings (SSSR count). The van der Waals surface area contributed by atoms with Crippen molar-refractivity contribution in [1.82, 2.24) is 4.90 Å². The summed E-state index contributed by atoms with van der Waals surface area (Å²) >= 11 is 0. The first-order valence-electron chi connectivity index (χ1n) is 12.6. The van der Waals surface area contributed by atoms with Gasteiger partial charge in [-0.15, -0.1) is 0 Å². The molecule has 1 amide bonds. The Kier molecular flexibility index (Phi) is 6.00. The minimum Gasteiger partial charge on any atom is -0.450 e. The average Bonchev–Trinajstić information content (AvgIpc) is 2.98. The Hall–Kier alpha value is -1.07. The molecule has 0 unspecified atom stereocenters. The highest BCUT2D eigenvalue weighted by Gasteiger charge is 2.64. The molecule has 3 saturated carbocycles. The number of hydrogen-bond acceptors (Lipinski definition) is 4. The summed E-state index contributed by atoms with van der Waals surface area (Å²) in [6.45, 7) is 11.3. The van der Waals surface area contributed by atoms with Crippen molar-refractivity contribution in [2.24, 2.45) is 28.6 Å². The molecule has 0 radical (unpaired) electrons. The normalized spacial score (nSPS) is 44.2. The standard InChI is InChI=1S/C26H43NO4/c1-6-31-23(29)27(17(2)3)16-26(30)14-11-22-20-8-7-18-15-19(28)9-12-24(18,4)21(20)10-13-25(22,26)5/h7,17,19-22,28,30H,6,8-16H2,1-5H3/t19-,20+,21-,22-,24-,25-,26+/m0/s1. The fraction of sp³-hybridized carbons (Fsp3) is 0.885. The summed E-state index contributed by atoms with van der Waals surface area (Å²) in [5.41, 5.74) is 0.647. The summed E-state index contributed by atoms with van der Waals surface area (Å²) in [5, 5.41) is 22.2. The van der Waals surface area contributed by atoms with E-state index in [1.807, 2.05) is 20.8 Å². The zero-order chi connectivity index (χ0) is 22.6. The number of hydrogen-bond donors (Lipinski definition) is 2. The number of ether oxygens (including phenoxy) is 1. The summed E-state index contributed by atoms with van der Waals surface area (Å²) in [6, 6.07) is -0.00480. The maximum absolute atomic E-state index is 12.6. The first-order valence-corrected chi connectivity index (χ1v) is 12.6. The van der Waals surface area contributed by atoms with E-state index in [0.717, 1.165) is 51.4 Å². The van der Waals surface area contributed by atoms with Gasteiger partial charge in [0.25, 0.3) is 0 Å². The molecule has 0 saturated heterocycles. The molecule has 0 spiro atoms. The van der Waals surface area contributed by atoms with E-state index in [1.54, 1.807) is 4.90 Å². The van der Waals surface area contributed by atoms with Gasteiger partial charge in [-0.1, -0.05) is 25.5 Å². The second-order valence-electron chi connectivity index (χ2n) is 11.6. The summed E-state index contributed by atoms with van der Waals surface area (Å²) in [5.74, 6) is 1.72. The second-order valence-corrected chi connectivity index (χ2v) is 11.6. The smallest absolute Gasteiger partial charge is 0.410 e. The number of amides is 1. The quantitative estimate of drug-likeness (QED) is 0.618. The Balaban J connectivity index is 1.58. The van der Waals surface area contributed by atoms with Crippen LogP contribution in [0.4, 0.5) is 4.79 Å². The molecule has 176 valence electrons. The van der Waals surface area contributed by atoms with Crippen LogP contribution in [-0.2, 0) is 4.74 Å². The van der Waals surface area contributed by atoms with Crippen LogP contribution in [0, 0.1) is 28.6 Å². The lowest BCUT2D eigenvalue weighted by Crippen LogP contribution is -2.59. The number of carbonyl (C=O) groups excluding carboxylic acids is 1. The summed E-state index contributed by atoms with van der Waals surface area (Å²) in [4.78, 5) is 14.3. The molecule has 0 heterocycles. The number of rotatable bonds is 4. The Morgan fingerprint density at radius 1 is 1.19 bits per heavy atom. The van der Waals surface area contributed by atoms with Crippen LogP contribution in [0.5, 0.6) is 0 Å². The van der Waals surface area contributed by atoms with Crippen molar-refractivity contribution in [2.75, 3.05) is 13.2 Å². The van der Waals surface area contributed by atoms with E-state index in [9.17, 15) is 15.0 Å². The van der Waals surface area contributed by atoms with Crippen molar-refractivity contribution >= 4 is 6.09 Å². The monoisotopic (exact) mass is 433 g/mol. The van der Waals surface area contributed by atoms with Gasteiger partial charge in [0.05, 0.1) is 24.9 Å². The highest BCUT2D eigenvalue weighted by molar-refractivity contribution is 5.68. The average molecular weight is 434 g/mol. The van der Waals surface area contributed by atoms with Crippen LogP contribution in [0.2, 0.25) is 0 Å². The van der Waals surface area contributed by atoms with Gasteiger partial charge < -0.3 is 19.8 Å². The fourth-order valence-electron chi connectivity index (χ4n) is 7.96. The van der Waals surface area contributed by atoms with E-state index >= 15 is 0 Å². The van der Waals surface area contributed by atoms with Gasteiger partial charge in [0.2, 0.25) is 0 Å². The number of aliphatic hydroxyl groups excluding tert-OH is 1. The molecule has 3 fully saturated rings. The summed E-state index contributed by atoms with van der Waals surface area (Å²) < 4.78 is 5.30. The van der Waals surface area contributed by atoms with Gasteiger partial charge in [-0.2, -0.15) is 0 Å². The third-order valence-electron chi connectivity index (χ3n) is 9.96. The number of allylic oxidation sites excluding steroid dienone is 1. The van der Waals surface area contributed by atoms with E-state index in [2.05, 4.69) is 19.9 Å². The topological polar surface area (TPSA) is 70.0 Å². The highest BCUT2D eigenvalue weighted by Crippen LogP contribution is 2.67. The number of fused-ring (bicyclic) bond motifs is 5. The molecule has 0 bridgehead atoms. The molecule has 4 aliphatic rings. The van der Waals surface area contributed by atoms with E-state index in [4.69, 9.17) is 4.74 Å². The van der Waals surface area contributed by atoms with Gasteiger partial charge >= 0.3 is 6.09 Å². The number of carbonyl (C=O) groups is 1. The first-order chi connectivity index (χ1) is 14.6. The Bertz CT molecular complexity index is 735. The maximum Gasteiger partial charge on any atom is 0.410 e. The van der Waals surface area contributed by atoms with E-state index in [-0.39, 0.29) is 29.1 Å². The van der Waals surface area contributed by atoms with E-state index in [1.165, 1.54) is 5.57 Å². The lowest BCUT2D eigenvalue weighted by molar-refractivity contribution is -0.134. The van der Waals surface area contributed by atoms with Gasteiger partial charge in [-0.3, -0.25) is 0 Å². The molecular weight excluding hydrogens is 390 g/mol. The Morgan fingerprint density at radius 3 is 2.58 bits per heavy atom. The van der Waals surface area contributed by atoms with Crippen LogP contribution in [-0.4, -0.2) is 52.1 Å². The van der Waals surface area contributed by atoms with Crippen molar-refractivity contribution in [3.05, 3.63) is 11.6 Å². The molecule has 0 aromatic carbocycles. The summed E-state index contributed by atoms with van der Waals surface area (Å²) in [7, 11) is 0. The second kappa shape index (κ2) is 8.06. The molecule has 31 heavy (non-hydrogen) atoms. The van der Waals surface area contributed by atoms with Gasteiger partial charge in [0, 0.05) is 11.5 Å². The SMILES string of the molecule is CCOC(=O)N(C[C@]1(O)CC[C@H]2[C@@H]3CC=C4C[C@@H](O)CC[C@]4(C)[C@H]3CC[C@@]21C)C(C)C.